The zero-order valence-corrected chi connectivity index (χ0v) is 15.0. The van der Waals surface area contributed by atoms with Crippen LogP contribution in [0.15, 0.2) is 12.1 Å². The van der Waals surface area contributed by atoms with Crippen molar-refractivity contribution in [3.8, 4) is 5.75 Å². The van der Waals surface area contributed by atoms with E-state index < -0.39 is 0 Å². The Labute approximate surface area is 139 Å². The number of aliphatic hydroxyl groups is 1. The molecule has 0 aromatic heterocycles. The van der Waals surface area contributed by atoms with Crippen LogP contribution < -0.4 is 0 Å². The van der Waals surface area contributed by atoms with Crippen LogP contribution in [0.3, 0.4) is 0 Å². The molecule has 2 rings (SSSR count). The van der Waals surface area contributed by atoms with Gasteiger partial charge in [0.25, 0.3) is 0 Å². The SMILES string of the molecule is Cc1cc(CCC2OCC(C)(CO)CO2)cc(C(C)(C)C)c1O. The van der Waals surface area contributed by atoms with Crippen molar-refractivity contribution >= 4 is 0 Å². The minimum absolute atomic E-state index is 0.0752. The highest BCUT2D eigenvalue weighted by atomic mass is 16.7. The van der Waals surface area contributed by atoms with Crippen molar-refractivity contribution in [2.24, 2.45) is 5.41 Å². The van der Waals surface area contributed by atoms with E-state index >= 15 is 0 Å². The first-order valence-corrected chi connectivity index (χ1v) is 8.32. The molecule has 4 nitrogen and oxygen atoms in total. The molecule has 0 aliphatic carbocycles. The Kier molecular flexibility index (Phi) is 5.39. The summed E-state index contributed by atoms with van der Waals surface area (Å²) in [6, 6.07) is 4.12. The van der Waals surface area contributed by atoms with E-state index in [1.165, 1.54) is 5.56 Å². The van der Waals surface area contributed by atoms with Crippen LogP contribution >= 0.6 is 0 Å². The zero-order chi connectivity index (χ0) is 17.3. The number of aromatic hydroxyl groups is 1. The average molecular weight is 322 g/mol. The molecule has 1 aliphatic heterocycles. The Hall–Kier alpha value is -1.10. The summed E-state index contributed by atoms with van der Waals surface area (Å²) in [6.07, 6.45) is 1.39. The van der Waals surface area contributed by atoms with E-state index in [4.69, 9.17) is 9.47 Å². The molecule has 4 heteroatoms. The molecule has 23 heavy (non-hydrogen) atoms. The maximum Gasteiger partial charge on any atom is 0.157 e. The van der Waals surface area contributed by atoms with Gasteiger partial charge in [-0.25, -0.2) is 0 Å². The minimum atomic E-state index is -0.287. The van der Waals surface area contributed by atoms with Crippen LogP contribution in [0.25, 0.3) is 0 Å². The number of aliphatic hydroxyl groups excluding tert-OH is 1. The molecule has 1 aliphatic rings. The second-order valence-electron chi connectivity index (χ2n) is 8.12. The maximum atomic E-state index is 10.3. The van der Waals surface area contributed by atoms with Gasteiger partial charge in [-0.2, -0.15) is 0 Å². The van der Waals surface area contributed by atoms with Gasteiger partial charge in [0, 0.05) is 11.8 Å². The molecule has 1 heterocycles. The lowest BCUT2D eigenvalue weighted by Crippen LogP contribution is -2.42. The van der Waals surface area contributed by atoms with Crippen molar-refractivity contribution in [3.05, 3.63) is 28.8 Å². The topological polar surface area (TPSA) is 58.9 Å². The van der Waals surface area contributed by atoms with Gasteiger partial charge in [-0.1, -0.05) is 39.8 Å². The monoisotopic (exact) mass is 322 g/mol. The second-order valence-corrected chi connectivity index (χ2v) is 8.12. The number of hydrogen-bond acceptors (Lipinski definition) is 4. The lowest BCUT2D eigenvalue weighted by molar-refractivity contribution is -0.233. The normalized spacial score (nSPS) is 25.6. The van der Waals surface area contributed by atoms with Crippen molar-refractivity contribution < 1.29 is 19.7 Å². The first kappa shape index (κ1) is 18.2. The molecule has 0 bridgehead atoms. The minimum Gasteiger partial charge on any atom is -0.507 e. The van der Waals surface area contributed by atoms with Gasteiger partial charge in [-0.05, 0) is 35.4 Å². The molecule has 1 saturated heterocycles. The van der Waals surface area contributed by atoms with Crippen molar-refractivity contribution in [1.82, 2.24) is 0 Å². The Morgan fingerprint density at radius 1 is 1.22 bits per heavy atom. The van der Waals surface area contributed by atoms with Crippen LogP contribution in [0.5, 0.6) is 5.75 Å². The molecule has 1 aromatic carbocycles. The van der Waals surface area contributed by atoms with Gasteiger partial charge in [-0.15, -0.1) is 0 Å². The Balaban J connectivity index is 2.01. The first-order valence-electron chi connectivity index (χ1n) is 8.32. The van der Waals surface area contributed by atoms with E-state index in [0.717, 1.165) is 24.0 Å². The number of rotatable bonds is 4. The summed E-state index contributed by atoms with van der Waals surface area (Å²) in [5.41, 5.74) is 2.70. The fourth-order valence-corrected chi connectivity index (χ4v) is 2.79. The molecule has 0 unspecified atom stereocenters. The lowest BCUT2D eigenvalue weighted by Gasteiger charge is -2.36. The van der Waals surface area contributed by atoms with Gasteiger partial charge < -0.3 is 19.7 Å². The van der Waals surface area contributed by atoms with E-state index in [-0.39, 0.29) is 23.7 Å². The third-order valence-electron chi connectivity index (χ3n) is 4.45. The largest absolute Gasteiger partial charge is 0.507 e. The molecular weight excluding hydrogens is 292 g/mol. The van der Waals surface area contributed by atoms with E-state index in [2.05, 4.69) is 26.8 Å². The molecule has 2 N–H and O–H groups in total. The number of ether oxygens (including phenoxy) is 2. The predicted molar refractivity (Wildman–Crippen MR) is 90.7 cm³/mol. The number of phenolic OH excluding ortho intramolecular Hbond substituents is 1. The highest BCUT2D eigenvalue weighted by molar-refractivity contribution is 5.46. The van der Waals surface area contributed by atoms with Gasteiger partial charge in [0.1, 0.15) is 5.75 Å². The van der Waals surface area contributed by atoms with Gasteiger partial charge in [0.15, 0.2) is 6.29 Å². The highest BCUT2D eigenvalue weighted by Gasteiger charge is 2.32. The molecule has 0 radical (unpaired) electrons. The summed E-state index contributed by atoms with van der Waals surface area (Å²) < 4.78 is 11.5. The van der Waals surface area contributed by atoms with Crippen molar-refractivity contribution in [2.45, 2.75) is 59.2 Å². The molecule has 0 atom stereocenters. The molecule has 0 spiro atoms. The zero-order valence-electron chi connectivity index (χ0n) is 15.0. The fourth-order valence-electron chi connectivity index (χ4n) is 2.79. The molecule has 0 amide bonds. The number of hydrogen-bond donors (Lipinski definition) is 2. The maximum absolute atomic E-state index is 10.3. The summed E-state index contributed by atoms with van der Waals surface area (Å²) in [4.78, 5) is 0. The fraction of sp³-hybridized carbons (Fsp3) is 0.684. The van der Waals surface area contributed by atoms with E-state index in [1.54, 1.807) is 0 Å². The van der Waals surface area contributed by atoms with Crippen molar-refractivity contribution in [3.63, 3.8) is 0 Å². The van der Waals surface area contributed by atoms with Crippen LogP contribution in [0.1, 0.15) is 50.8 Å². The van der Waals surface area contributed by atoms with Crippen LogP contribution in [-0.2, 0) is 21.3 Å². The van der Waals surface area contributed by atoms with Crippen molar-refractivity contribution in [2.75, 3.05) is 19.8 Å². The van der Waals surface area contributed by atoms with Crippen molar-refractivity contribution in [1.29, 1.82) is 0 Å². The molecule has 1 aromatic rings. The third-order valence-corrected chi connectivity index (χ3v) is 4.45. The van der Waals surface area contributed by atoms with Gasteiger partial charge in [0.05, 0.1) is 19.8 Å². The van der Waals surface area contributed by atoms with Gasteiger partial charge >= 0.3 is 0 Å². The summed E-state index contributed by atoms with van der Waals surface area (Å²) in [5.74, 6) is 0.394. The standard InChI is InChI=1S/C19H30O4/c1-13-8-14(9-15(17(13)21)18(2,3)4)6-7-16-22-11-19(5,10-20)12-23-16/h8-9,16,20-21H,6-7,10-12H2,1-5H3. The van der Waals surface area contributed by atoms with E-state index in [1.807, 2.05) is 19.9 Å². The Bertz CT molecular complexity index is 537. The molecule has 0 saturated carbocycles. The summed E-state index contributed by atoms with van der Waals surface area (Å²) in [5, 5.41) is 19.6. The Morgan fingerprint density at radius 2 is 1.83 bits per heavy atom. The van der Waals surface area contributed by atoms with Crippen LogP contribution in [-0.4, -0.2) is 36.3 Å². The summed E-state index contributed by atoms with van der Waals surface area (Å²) in [7, 11) is 0. The molecule has 130 valence electrons. The highest BCUT2D eigenvalue weighted by Crippen LogP contribution is 2.34. The van der Waals surface area contributed by atoms with E-state index in [9.17, 15) is 10.2 Å². The second kappa shape index (κ2) is 6.80. The Morgan fingerprint density at radius 3 is 2.35 bits per heavy atom. The predicted octanol–water partition coefficient (Wildman–Crippen LogP) is 3.30. The van der Waals surface area contributed by atoms with Crippen LogP contribution in [0, 0.1) is 12.3 Å². The van der Waals surface area contributed by atoms with Crippen LogP contribution in [0.4, 0.5) is 0 Å². The number of aryl methyl sites for hydroxylation is 2. The average Bonchev–Trinajstić information content (AvgIpc) is 2.49. The first-order chi connectivity index (χ1) is 10.6. The molecule has 1 fully saturated rings. The summed E-state index contributed by atoms with van der Waals surface area (Å²) in [6.45, 7) is 11.3. The third kappa shape index (κ3) is 4.46. The quantitative estimate of drug-likeness (QED) is 0.893. The smallest absolute Gasteiger partial charge is 0.157 e. The molecular formula is C19H30O4. The van der Waals surface area contributed by atoms with Gasteiger partial charge in [0.2, 0.25) is 0 Å². The lowest BCUT2D eigenvalue weighted by atomic mass is 9.83. The van der Waals surface area contributed by atoms with E-state index in [0.29, 0.717) is 19.0 Å². The number of phenols is 1. The van der Waals surface area contributed by atoms with Gasteiger partial charge in [-0.3, -0.25) is 0 Å². The van der Waals surface area contributed by atoms with Crippen LogP contribution in [0.2, 0.25) is 0 Å². The number of benzene rings is 1. The summed E-state index contributed by atoms with van der Waals surface area (Å²) >= 11 is 0.